The number of unbranched alkanes of at least 4 members (excludes halogenated alkanes) is 1. The van der Waals surface area contributed by atoms with Gasteiger partial charge in [-0.15, -0.1) is 0 Å². The first-order chi connectivity index (χ1) is 10.1. The van der Waals surface area contributed by atoms with Gasteiger partial charge in [-0.1, -0.05) is 49.7 Å². The molecule has 21 heavy (non-hydrogen) atoms. The van der Waals surface area contributed by atoms with Gasteiger partial charge in [0, 0.05) is 24.7 Å². The number of benzene rings is 2. The molecular formula is C17H20N2O2. The number of carbonyl (C=O) groups excluding carboxylic acids is 2. The van der Waals surface area contributed by atoms with Crippen LogP contribution in [-0.2, 0) is 9.59 Å². The maximum atomic E-state index is 12.1. The van der Waals surface area contributed by atoms with E-state index in [1.165, 1.54) is 4.90 Å². The van der Waals surface area contributed by atoms with E-state index in [1.54, 1.807) is 13.1 Å². The van der Waals surface area contributed by atoms with Crippen LogP contribution in [0.15, 0.2) is 42.5 Å². The second kappa shape index (κ2) is 6.88. The zero-order valence-electron chi connectivity index (χ0n) is 12.4. The first-order valence-corrected chi connectivity index (χ1v) is 7.17. The van der Waals surface area contributed by atoms with Crippen molar-refractivity contribution < 1.29 is 9.59 Å². The number of likely N-dealkylation sites (N-methyl/N-ethyl adjacent to an activating group) is 1. The molecule has 0 spiro atoms. The lowest BCUT2D eigenvalue weighted by molar-refractivity contribution is -0.142. The standard InChI is InChI=1S/C17H20N2O2/c1-3-4-12-19(2)17(21)16(20)18-15-11-7-9-13-8-5-6-10-14(13)15/h5-11H,3-4,12H2,1-2H3,(H,18,20). The summed E-state index contributed by atoms with van der Waals surface area (Å²) in [4.78, 5) is 25.5. The Bertz CT molecular complexity index is 647. The lowest BCUT2D eigenvalue weighted by atomic mass is 10.1. The Balaban J connectivity index is 2.13. The monoisotopic (exact) mass is 284 g/mol. The number of rotatable bonds is 4. The molecule has 0 bridgehead atoms. The molecule has 0 aliphatic rings. The Hall–Kier alpha value is -2.36. The van der Waals surface area contributed by atoms with Crippen molar-refractivity contribution in [2.45, 2.75) is 19.8 Å². The van der Waals surface area contributed by atoms with Crippen molar-refractivity contribution >= 4 is 28.3 Å². The summed E-state index contributed by atoms with van der Waals surface area (Å²) in [6, 6.07) is 13.4. The second-order valence-corrected chi connectivity index (χ2v) is 5.06. The maximum absolute atomic E-state index is 12.1. The molecule has 0 atom stereocenters. The highest BCUT2D eigenvalue weighted by atomic mass is 16.2. The van der Waals surface area contributed by atoms with E-state index in [1.807, 2.05) is 36.4 Å². The Kier molecular flexibility index (Phi) is 4.93. The molecule has 0 radical (unpaired) electrons. The average Bonchev–Trinajstić information content (AvgIpc) is 2.52. The second-order valence-electron chi connectivity index (χ2n) is 5.06. The average molecular weight is 284 g/mol. The number of amides is 2. The van der Waals surface area contributed by atoms with Crippen molar-refractivity contribution in [1.82, 2.24) is 4.90 Å². The number of fused-ring (bicyclic) bond motifs is 1. The van der Waals surface area contributed by atoms with E-state index in [-0.39, 0.29) is 0 Å². The summed E-state index contributed by atoms with van der Waals surface area (Å²) < 4.78 is 0. The van der Waals surface area contributed by atoms with Crippen LogP contribution >= 0.6 is 0 Å². The van der Waals surface area contributed by atoms with E-state index in [9.17, 15) is 9.59 Å². The highest BCUT2D eigenvalue weighted by molar-refractivity contribution is 6.40. The van der Waals surface area contributed by atoms with Crippen LogP contribution in [0.1, 0.15) is 19.8 Å². The van der Waals surface area contributed by atoms with Gasteiger partial charge in [-0.2, -0.15) is 0 Å². The third kappa shape index (κ3) is 3.60. The van der Waals surface area contributed by atoms with Crippen molar-refractivity contribution in [1.29, 1.82) is 0 Å². The molecule has 2 aromatic rings. The van der Waals surface area contributed by atoms with Crippen LogP contribution in [-0.4, -0.2) is 30.3 Å². The van der Waals surface area contributed by atoms with Gasteiger partial charge in [0.25, 0.3) is 0 Å². The van der Waals surface area contributed by atoms with E-state index < -0.39 is 11.8 Å². The first-order valence-electron chi connectivity index (χ1n) is 7.17. The third-order valence-corrected chi connectivity index (χ3v) is 3.43. The van der Waals surface area contributed by atoms with E-state index in [4.69, 9.17) is 0 Å². The Morgan fingerprint density at radius 1 is 1.10 bits per heavy atom. The smallest absolute Gasteiger partial charge is 0.313 e. The van der Waals surface area contributed by atoms with Gasteiger partial charge < -0.3 is 10.2 Å². The molecule has 2 amide bonds. The predicted octanol–water partition coefficient (Wildman–Crippen LogP) is 3.04. The number of nitrogens with zero attached hydrogens (tertiary/aromatic N) is 1. The zero-order chi connectivity index (χ0) is 15.2. The molecule has 0 saturated heterocycles. The van der Waals surface area contributed by atoms with Gasteiger partial charge in [0.2, 0.25) is 0 Å². The fourth-order valence-corrected chi connectivity index (χ4v) is 2.18. The van der Waals surface area contributed by atoms with Gasteiger partial charge in [-0.3, -0.25) is 9.59 Å². The SMILES string of the molecule is CCCCN(C)C(=O)C(=O)Nc1cccc2ccccc12. The minimum Gasteiger partial charge on any atom is -0.338 e. The Morgan fingerprint density at radius 3 is 2.57 bits per heavy atom. The summed E-state index contributed by atoms with van der Waals surface area (Å²) in [5.74, 6) is -1.10. The highest BCUT2D eigenvalue weighted by Gasteiger charge is 2.18. The summed E-state index contributed by atoms with van der Waals surface area (Å²) in [5.41, 5.74) is 0.662. The summed E-state index contributed by atoms with van der Waals surface area (Å²) in [7, 11) is 1.65. The third-order valence-electron chi connectivity index (χ3n) is 3.43. The molecule has 0 aromatic heterocycles. The molecular weight excluding hydrogens is 264 g/mol. The summed E-state index contributed by atoms with van der Waals surface area (Å²) in [6.07, 6.45) is 1.88. The van der Waals surface area contributed by atoms with Crippen LogP contribution in [0.3, 0.4) is 0 Å². The van der Waals surface area contributed by atoms with Crippen molar-refractivity contribution in [2.75, 3.05) is 18.9 Å². The molecule has 0 heterocycles. The number of carbonyl (C=O) groups is 2. The van der Waals surface area contributed by atoms with Crippen molar-refractivity contribution in [3.05, 3.63) is 42.5 Å². The van der Waals surface area contributed by atoms with Crippen LogP contribution < -0.4 is 5.32 Å². The minimum absolute atomic E-state index is 0.503. The molecule has 2 aromatic carbocycles. The minimum atomic E-state index is -0.593. The van der Waals surface area contributed by atoms with E-state index in [2.05, 4.69) is 12.2 Å². The number of hydrogen-bond donors (Lipinski definition) is 1. The summed E-state index contributed by atoms with van der Waals surface area (Å²) >= 11 is 0. The van der Waals surface area contributed by atoms with Crippen molar-refractivity contribution in [3.63, 3.8) is 0 Å². The van der Waals surface area contributed by atoms with E-state index in [0.29, 0.717) is 12.2 Å². The van der Waals surface area contributed by atoms with Crippen LogP contribution in [0, 0.1) is 0 Å². The van der Waals surface area contributed by atoms with Crippen LogP contribution in [0.4, 0.5) is 5.69 Å². The fourth-order valence-electron chi connectivity index (χ4n) is 2.18. The van der Waals surface area contributed by atoms with Crippen molar-refractivity contribution in [3.8, 4) is 0 Å². The number of hydrogen-bond acceptors (Lipinski definition) is 2. The largest absolute Gasteiger partial charge is 0.338 e. The van der Waals surface area contributed by atoms with Gasteiger partial charge in [0.05, 0.1) is 0 Å². The molecule has 0 saturated carbocycles. The van der Waals surface area contributed by atoms with Gasteiger partial charge in [-0.25, -0.2) is 0 Å². The lowest BCUT2D eigenvalue weighted by Gasteiger charge is -2.16. The van der Waals surface area contributed by atoms with Crippen molar-refractivity contribution in [2.24, 2.45) is 0 Å². The molecule has 4 heteroatoms. The molecule has 110 valence electrons. The molecule has 0 aliphatic carbocycles. The molecule has 4 nitrogen and oxygen atoms in total. The maximum Gasteiger partial charge on any atom is 0.313 e. The van der Waals surface area contributed by atoms with Crippen LogP contribution in [0.2, 0.25) is 0 Å². The van der Waals surface area contributed by atoms with E-state index in [0.717, 1.165) is 23.6 Å². The number of nitrogens with one attached hydrogen (secondary N) is 1. The van der Waals surface area contributed by atoms with Gasteiger partial charge in [0.1, 0.15) is 0 Å². The molecule has 1 N–H and O–H groups in total. The zero-order valence-corrected chi connectivity index (χ0v) is 12.4. The molecule has 0 aliphatic heterocycles. The first kappa shape index (κ1) is 15.0. The van der Waals surface area contributed by atoms with Gasteiger partial charge >= 0.3 is 11.8 Å². The van der Waals surface area contributed by atoms with E-state index >= 15 is 0 Å². The topological polar surface area (TPSA) is 49.4 Å². The highest BCUT2D eigenvalue weighted by Crippen LogP contribution is 2.22. The van der Waals surface area contributed by atoms with Crippen LogP contribution in [0.5, 0.6) is 0 Å². The Labute approximate surface area is 124 Å². The normalized spacial score (nSPS) is 10.4. The van der Waals surface area contributed by atoms with Gasteiger partial charge in [-0.05, 0) is 17.9 Å². The van der Waals surface area contributed by atoms with Gasteiger partial charge in [0.15, 0.2) is 0 Å². The Morgan fingerprint density at radius 2 is 1.81 bits per heavy atom. The quantitative estimate of drug-likeness (QED) is 0.877. The molecule has 0 fully saturated rings. The van der Waals surface area contributed by atoms with Crippen LogP contribution in [0.25, 0.3) is 10.8 Å². The summed E-state index contributed by atoms with van der Waals surface area (Å²) in [5, 5.41) is 4.67. The molecule has 0 unspecified atom stereocenters. The summed E-state index contributed by atoms with van der Waals surface area (Å²) in [6.45, 7) is 2.65. The molecule has 2 rings (SSSR count). The number of anilines is 1. The fraction of sp³-hybridized carbons (Fsp3) is 0.294. The lowest BCUT2D eigenvalue weighted by Crippen LogP contribution is -2.37. The predicted molar refractivity (Wildman–Crippen MR) is 85.1 cm³/mol.